The summed E-state index contributed by atoms with van der Waals surface area (Å²) in [5, 5.41) is 4.93. The second-order valence-electron chi connectivity index (χ2n) is 4.61. The number of hydrogen-bond donors (Lipinski definition) is 1. The number of nitrogens with one attached hydrogen (secondary N) is 1. The van der Waals surface area contributed by atoms with Gasteiger partial charge in [-0.2, -0.15) is 0 Å². The van der Waals surface area contributed by atoms with Gasteiger partial charge in [0.15, 0.2) is 0 Å². The van der Waals surface area contributed by atoms with Crippen LogP contribution in [0.15, 0.2) is 41.8 Å². The minimum atomic E-state index is 0.0239. The van der Waals surface area contributed by atoms with E-state index in [-0.39, 0.29) is 11.8 Å². The molecule has 2 rings (SSSR count). The van der Waals surface area contributed by atoms with E-state index in [2.05, 4.69) is 17.2 Å². The maximum absolute atomic E-state index is 11.9. The Kier molecular flexibility index (Phi) is 4.97. The fourth-order valence-corrected chi connectivity index (χ4v) is 2.18. The second kappa shape index (κ2) is 6.93. The lowest BCUT2D eigenvalue weighted by molar-refractivity contribution is -0.119. The summed E-state index contributed by atoms with van der Waals surface area (Å²) in [6.45, 7) is 3.93. The molecule has 1 aromatic carbocycles. The van der Waals surface area contributed by atoms with Crippen molar-refractivity contribution in [1.29, 1.82) is 0 Å². The van der Waals surface area contributed by atoms with Crippen LogP contribution in [0.3, 0.4) is 0 Å². The number of benzene rings is 1. The maximum atomic E-state index is 11.9. The van der Waals surface area contributed by atoms with E-state index in [0.29, 0.717) is 0 Å². The van der Waals surface area contributed by atoms with Crippen molar-refractivity contribution in [3.05, 3.63) is 52.2 Å². The molecule has 1 aromatic heterocycles. The molecule has 0 spiro atoms. The standard InChI is InChI=1S/C17H17NOS/c1-3-13(2)17(19)18-15-7-4-6-14(12-15)9-10-16-8-5-11-20-16/h4-8,11-13H,3H2,1-2H3,(H,18,19)/t13-/m1/s1. The van der Waals surface area contributed by atoms with Crippen molar-refractivity contribution in [3.63, 3.8) is 0 Å². The van der Waals surface area contributed by atoms with Gasteiger partial charge in [-0.1, -0.05) is 37.8 Å². The van der Waals surface area contributed by atoms with E-state index in [0.717, 1.165) is 22.5 Å². The van der Waals surface area contributed by atoms with E-state index in [1.165, 1.54) is 0 Å². The normalized spacial score (nSPS) is 11.3. The number of hydrogen-bond acceptors (Lipinski definition) is 2. The second-order valence-corrected chi connectivity index (χ2v) is 5.55. The van der Waals surface area contributed by atoms with Crippen LogP contribution in [0.2, 0.25) is 0 Å². The minimum absolute atomic E-state index is 0.0239. The fourth-order valence-electron chi connectivity index (χ4n) is 1.61. The molecule has 2 nitrogen and oxygen atoms in total. The van der Waals surface area contributed by atoms with Crippen LogP contribution >= 0.6 is 11.3 Å². The number of rotatable bonds is 3. The number of amides is 1. The monoisotopic (exact) mass is 283 g/mol. The molecule has 0 aliphatic carbocycles. The smallest absolute Gasteiger partial charge is 0.227 e. The number of anilines is 1. The van der Waals surface area contributed by atoms with Crippen molar-refractivity contribution in [2.75, 3.05) is 5.32 Å². The average Bonchev–Trinajstić information content (AvgIpc) is 2.98. The average molecular weight is 283 g/mol. The molecule has 1 N–H and O–H groups in total. The lowest BCUT2D eigenvalue weighted by Crippen LogP contribution is -2.19. The lowest BCUT2D eigenvalue weighted by Gasteiger charge is -2.09. The van der Waals surface area contributed by atoms with Gasteiger partial charge in [0.1, 0.15) is 0 Å². The Hall–Kier alpha value is -2.05. The Bertz CT molecular complexity index is 635. The van der Waals surface area contributed by atoms with E-state index in [9.17, 15) is 4.79 Å². The highest BCUT2D eigenvalue weighted by Crippen LogP contribution is 2.13. The van der Waals surface area contributed by atoms with Crippen LogP contribution in [0, 0.1) is 17.8 Å². The summed E-state index contributed by atoms with van der Waals surface area (Å²) in [6.07, 6.45) is 0.837. The van der Waals surface area contributed by atoms with Crippen molar-refractivity contribution >= 4 is 22.9 Å². The van der Waals surface area contributed by atoms with E-state index in [1.54, 1.807) is 11.3 Å². The number of carbonyl (C=O) groups is 1. The molecule has 0 saturated heterocycles. The molecule has 0 aliphatic rings. The van der Waals surface area contributed by atoms with E-state index < -0.39 is 0 Å². The molecule has 0 fully saturated rings. The zero-order valence-corrected chi connectivity index (χ0v) is 12.5. The van der Waals surface area contributed by atoms with Gasteiger partial charge in [0.25, 0.3) is 0 Å². The summed E-state index contributed by atoms with van der Waals surface area (Å²) < 4.78 is 0. The van der Waals surface area contributed by atoms with Crippen LogP contribution in [-0.4, -0.2) is 5.91 Å². The first-order chi connectivity index (χ1) is 9.69. The van der Waals surface area contributed by atoms with Gasteiger partial charge >= 0.3 is 0 Å². The van der Waals surface area contributed by atoms with Crippen LogP contribution in [-0.2, 0) is 4.79 Å². The first-order valence-electron chi connectivity index (χ1n) is 6.65. The molecule has 0 aliphatic heterocycles. The van der Waals surface area contributed by atoms with Crippen LogP contribution < -0.4 is 5.32 Å². The molecule has 0 unspecified atom stereocenters. The van der Waals surface area contributed by atoms with Gasteiger partial charge in [-0.05, 0) is 36.1 Å². The first kappa shape index (κ1) is 14.4. The highest BCUT2D eigenvalue weighted by atomic mass is 32.1. The Morgan fingerprint density at radius 2 is 2.15 bits per heavy atom. The van der Waals surface area contributed by atoms with Gasteiger partial charge in [-0.15, -0.1) is 11.3 Å². The Morgan fingerprint density at radius 3 is 2.85 bits per heavy atom. The van der Waals surface area contributed by atoms with Gasteiger partial charge in [0, 0.05) is 17.2 Å². The molecule has 102 valence electrons. The molecule has 0 bridgehead atoms. The van der Waals surface area contributed by atoms with Gasteiger partial charge < -0.3 is 5.32 Å². The summed E-state index contributed by atoms with van der Waals surface area (Å²) >= 11 is 1.62. The van der Waals surface area contributed by atoms with Crippen molar-refractivity contribution < 1.29 is 4.79 Å². The summed E-state index contributed by atoms with van der Waals surface area (Å²) in [5.41, 5.74) is 1.70. The van der Waals surface area contributed by atoms with Crippen molar-refractivity contribution in [3.8, 4) is 11.8 Å². The Balaban J connectivity index is 2.10. The van der Waals surface area contributed by atoms with E-state index in [1.807, 2.05) is 55.6 Å². The summed E-state index contributed by atoms with van der Waals surface area (Å²) in [5.74, 6) is 6.30. The maximum Gasteiger partial charge on any atom is 0.227 e. The van der Waals surface area contributed by atoms with Crippen LogP contribution in [0.4, 0.5) is 5.69 Å². The zero-order chi connectivity index (χ0) is 14.4. The quantitative estimate of drug-likeness (QED) is 0.843. The summed E-state index contributed by atoms with van der Waals surface area (Å²) in [4.78, 5) is 12.9. The van der Waals surface area contributed by atoms with E-state index in [4.69, 9.17) is 0 Å². The number of thiophene rings is 1. The predicted molar refractivity (Wildman–Crippen MR) is 84.8 cm³/mol. The van der Waals surface area contributed by atoms with Crippen molar-refractivity contribution in [1.82, 2.24) is 0 Å². The Labute approximate surface area is 123 Å². The van der Waals surface area contributed by atoms with Crippen LogP contribution in [0.5, 0.6) is 0 Å². The summed E-state index contributed by atoms with van der Waals surface area (Å²) in [7, 11) is 0. The molecular formula is C17H17NOS. The number of carbonyl (C=O) groups excluding carboxylic acids is 1. The van der Waals surface area contributed by atoms with Crippen LogP contribution in [0.25, 0.3) is 0 Å². The van der Waals surface area contributed by atoms with Gasteiger partial charge in [0.2, 0.25) is 5.91 Å². The lowest BCUT2D eigenvalue weighted by atomic mass is 10.1. The predicted octanol–water partition coefficient (Wildman–Crippen LogP) is 4.13. The van der Waals surface area contributed by atoms with Gasteiger partial charge in [-0.3, -0.25) is 4.79 Å². The third-order valence-corrected chi connectivity index (χ3v) is 3.83. The molecule has 1 heterocycles. The summed E-state index contributed by atoms with van der Waals surface area (Å²) in [6, 6.07) is 11.6. The molecule has 3 heteroatoms. The third-order valence-electron chi connectivity index (χ3n) is 3.04. The first-order valence-corrected chi connectivity index (χ1v) is 7.53. The van der Waals surface area contributed by atoms with E-state index >= 15 is 0 Å². The molecule has 2 aromatic rings. The molecule has 1 amide bonds. The van der Waals surface area contributed by atoms with Crippen molar-refractivity contribution in [2.24, 2.45) is 5.92 Å². The highest BCUT2D eigenvalue weighted by molar-refractivity contribution is 7.10. The molecule has 20 heavy (non-hydrogen) atoms. The zero-order valence-electron chi connectivity index (χ0n) is 11.6. The molecule has 0 saturated carbocycles. The topological polar surface area (TPSA) is 29.1 Å². The fraction of sp³-hybridized carbons (Fsp3) is 0.235. The molecular weight excluding hydrogens is 266 g/mol. The largest absolute Gasteiger partial charge is 0.326 e. The molecule has 0 radical (unpaired) electrons. The SMILES string of the molecule is CC[C@@H](C)C(=O)Nc1cccc(C#Cc2cccs2)c1. The minimum Gasteiger partial charge on any atom is -0.326 e. The van der Waals surface area contributed by atoms with Gasteiger partial charge in [0.05, 0.1) is 4.88 Å². The molecule has 1 atom stereocenters. The highest BCUT2D eigenvalue weighted by Gasteiger charge is 2.10. The Morgan fingerprint density at radius 1 is 1.30 bits per heavy atom. The van der Waals surface area contributed by atoms with Crippen molar-refractivity contribution in [2.45, 2.75) is 20.3 Å². The van der Waals surface area contributed by atoms with Crippen LogP contribution in [0.1, 0.15) is 30.7 Å². The third kappa shape index (κ3) is 3.97. The van der Waals surface area contributed by atoms with Gasteiger partial charge in [-0.25, -0.2) is 0 Å².